The quantitative estimate of drug-likeness (QED) is 0.358. The highest BCUT2D eigenvalue weighted by Crippen LogP contribution is 2.29. The van der Waals surface area contributed by atoms with E-state index in [4.69, 9.17) is 5.10 Å². The van der Waals surface area contributed by atoms with Gasteiger partial charge in [-0.25, -0.2) is 13.1 Å². The lowest BCUT2D eigenvalue weighted by atomic mass is 10.1. The molecule has 0 saturated heterocycles. The van der Waals surface area contributed by atoms with Gasteiger partial charge in [0.15, 0.2) is 0 Å². The lowest BCUT2D eigenvalue weighted by Gasteiger charge is -2.06. The third kappa shape index (κ3) is 4.50. The molecule has 0 N–H and O–H groups in total. The Labute approximate surface area is 194 Å². The van der Waals surface area contributed by atoms with E-state index in [1.807, 2.05) is 81.4 Å². The van der Waals surface area contributed by atoms with Gasteiger partial charge in [-0.2, -0.15) is 10.4 Å². The fraction of sp³-hybridized carbons (Fsp3) is 0.111. The van der Waals surface area contributed by atoms with Crippen molar-refractivity contribution in [3.8, 4) is 23.0 Å². The van der Waals surface area contributed by atoms with Crippen LogP contribution in [-0.4, -0.2) is 18.2 Å². The summed E-state index contributed by atoms with van der Waals surface area (Å²) in [6.07, 6.45) is 3.16. The number of benzene rings is 3. The molecule has 0 atom stereocenters. The summed E-state index contributed by atoms with van der Waals surface area (Å²) >= 11 is 0. The van der Waals surface area contributed by atoms with E-state index >= 15 is 0 Å². The van der Waals surface area contributed by atoms with Crippen molar-refractivity contribution in [2.45, 2.75) is 25.7 Å². The number of nitrogens with zero attached hydrogens (tertiary/aromatic N) is 3. The average molecular weight is 454 g/mol. The fourth-order valence-corrected chi connectivity index (χ4v) is 4.70. The number of sulfone groups is 1. The lowest BCUT2D eigenvalue weighted by molar-refractivity contribution is 0.603. The molecule has 0 radical (unpaired) electrons. The van der Waals surface area contributed by atoms with E-state index in [0.29, 0.717) is 11.3 Å². The number of aryl methyl sites for hydroxylation is 3. The van der Waals surface area contributed by atoms with Crippen molar-refractivity contribution in [3.05, 3.63) is 106 Å². The molecular weight excluding hydrogens is 430 g/mol. The van der Waals surface area contributed by atoms with Gasteiger partial charge in [0.25, 0.3) is 0 Å². The summed E-state index contributed by atoms with van der Waals surface area (Å²) in [5, 5.41) is 14.5. The number of para-hydroxylation sites is 1. The van der Waals surface area contributed by atoms with E-state index in [0.717, 1.165) is 27.9 Å². The van der Waals surface area contributed by atoms with Crippen LogP contribution in [0.4, 0.5) is 0 Å². The Kier molecular flexibility index (Phi) is 5.99. The van der Waals surface area contributed by atoms with Crippen molar-refractivity contribution in [1.82, 2.24) is 9.78 Å². The smallest absolute Gasteiger partial charge is 0.216 e. The molecule has 0 amide bonds. The largest absolute Gasteiger partial charge is 0.240 e. The molecule has 33 heavy (non-hydrogen) atoms. The van der Waals surface area contributed by atoms with Gasteiger partial charge in [-0.15, -0.1) is 0 Å². The van der Waals surface area contributed by atoms with E-state index in [1.165, 1.54) is 12.1 Å². The molecule has 164 valence electrons. The van der Waals surface area contributed by atoms with E-state index in [2.05, 4.69) is 0 Å². The maximum atomic E-state index is 13.3. The molecular formula is C27H23N3O2S. The van der Waals surface area contributed by atoms with E-state index in [-0.39, 0.29) is 9.80 Å². The predicted molar refractivity (Wildman–Crippen MR) is 130 cm³/mol. The minimum absolute atomic E-state index is 0.103. The first-order valence-corrected chi connectivity index (χ1v) is 11.9. The summed E-state index contributed by atoms with van der Waals surface area (Å²) in [6.45, 7) is 5.76. The van der Waals surface area contributed by atoms with Crippen LogP contribution >= 0.6 is 0 Å². The van der Waals surface area contributed by atoms with Gasteiger partial charge in [-0.1, -0.05) is 54.1 Å². The molecule has 3 aromatic carbocycles. The summed E-state index contributed by atoms with van der Waals surface area (Å²) in [5.41, 5.74) is 5.76. The highest BCUT2D eigenvalue weighted by Gasteiger charge is 2.23. The Bertz CT molecular complexity index is 1490. The Morgan fingerprint density at radius 3 is 2.27 bits per heavy atom. The van der Waals surface area contributed by atoms with Crippen LogP contribution in [0.15, 0.2) is 88.8 Å². The maximum Gasteiger partial charge on any atom is 0.216 e. The van der Waals surface area contributed by atoms with Crippen LogP contribution in [0.5, 0.6) is 0 Å². The van der Waals surface area contributed by atoms with Crippen LogP contribution in [0.25, 0.3) is 23.0 Å². The Hall–Kier alpha value is -3.95. The number of hydrogen-bond donors (Lipinski definition) is 0. The number of allylic oxidation sites excluding steroid dienone is 1. The third-order valence-corrected chi connectivity index (χ3v) is 7.23. The second kappa shape index (κ2) is 8.89. The van der Waals surface area contributed by atoms with Crippen LogP contribution in [0.3, 0.4) is 0 Å². The van der Waals surface area contributed by atoms with Gasteiger partial charge in [0.2, 0.25) is 9.84 Å². The Morgan fingerprint density at radius 2 is 1.64 bits per heavy atom. The van der Waals surface area contributed by atoms with Gasteiger partial charge >= 0.3 is 0 Å². The second-order valence-corrected chi connectivity index (χ2v) is 9.87. The van der Waals surface area contributed by atoms with Gasteiger partial charge in [0.1, 0.15) is 16.7 Å². The number of hydrogen-bond acceptors (Lipinski definition) is 4. The van der Waals surface area contributed by atoms with E-state index in [1.54, 1.807) is 23.0 Å². The third-order valence-electron chi connectivity index (χ3n) is 5.56. The zero-order valence-electron chi connectivity index (χ0n) is 18.6. The van der Waals surface area contributed by atoms with E-state index < -0.39 is 9.84 Å². The van der Waals surface area contributed by atoms with Crippen LogP contribution in [-0.2, 0) is 9.84 Å². The Morgan fingerprint density at radius 1 is 0.939 bits per heavy atom. The molecule has 0 fully saturated rings. The minimum Gasteiger partial charge on any atom is -0.240 e. The zero-order chi connectivity index (χ0) is 23.6. The highest BCUT2D eigenvalue weighted by atomic mass is 32.2. The van der Waals surface area contributed by atoms with Gasteiger partial charge in [-0.3, -0.25) is 0 Å². The van der Waals surface area contributed by atoms with Gasteiger partial charge < -0.3 is 0 Å². The second-order valence-electron chi connectivity index (χ2n) is 7.95. The van der Waals surface area contributed by atoms with Crippen molar-refractivity contribution >= 4 is 15.9 Å². The number of rotatable bonds is 5. The number of nitriles is 1. The molecule has 0 bridgehead atoms. The van der Waals surface area contributed by atoms with Crippen LogP contribution in [0, 0.1) is 32.1 Å². The first-order valence-electron chi connectivity index (χ1n) is 10.5. The normalized spacial score (nSPS) is 11.9. The van der Waals surface area contributed by atoms with Crippen LogP contribution in [0.1, 0.15) is 22.3 Å². The fourth-order valence-electron chi connectivity index (χ4n) is 3.46. The molecule has 1 aromatic heterocycles. The van der Waals surface area contributed by atoms with Gasteiger partial charge in [0, 0.05) is 17.3 Å². The molecule has 0 spiro atoms. The maximum absolute atomic E-state index is 13.3. The van der Waals surface area contributed by atoms with Gasteiger partial charge in [0.05, 0.1) is 10.6 Å². The standard InChI is InChI=1S/C27H23N3O2S/c1-19-9-12-22(13-10-19)27-23(18-30(29-27)24-7-5-4-6-8-24)16-26(17-28)33(31,32)25-14-11-20(2)21(3)15-25/h4-16,18H,1-3H3/b26-16+. The summed E-state index contributed by atoms with van der Waals surface area (Å²) in [7, 11) is -3.99. The molecule has 4 aromatic rings. The van der Waals surface area contributed by atoms with E-state index in [9.17, 15) is 13.7 Å². The van der Waals surface area contributed by atoms with Crippen molar-refractivity contribution in [1.29, 1.82) is 5.26 Å². The molecule has 0 unspecified atom stereocenters. The highest BCUT2D eigenvalue weighted by molar-refractivity contribution is 7.95. The molecule has 0 saturated carbocycles. The molecule has 5 nitrogen and oxygen atoms in total. The SMILES string of the molecule is Cc1ccc(-c2nn(-c3ccccc3)cc2/C=C(\C#N)S(=O)(=O)c2ccc(C)c(C)c2)cc1. The molecule has 0 aliphatic heterocycles. The summed E-state index contributed by atoms with van der Waals surface area (Å²) in [5.74, 6) is 0. The monoisotopic (exact) mass is 453 g/mol. The van der Waals surface area contributed by atoms with Crippen LogP contribution in [0.2, 0.25) is 0 Å². The molecule has 0 aliphatic carbocycles. The predicted octanol–water partition coefficient (Wildman–Crippen LogP) is 5.80. The van der Waals surface area contributed by atoms with Crippen molar-refractivity contribution in [2.75, 3.05) is 0 Å². The number of aromatic nitrogens is 2. The molecule has 6 heteroatoms. The van der Waals surface area contributed by atoms with Crippen LogP contribution < -0.4 is 0 Å². The van der Waals surface area contributed by atoms with Gasteiger partial charge in [-0.05, 0) is 62.2 Å². The van der Waals surface area contributed by atoms with Crippen molar-refractivity contribution < 1.29 is 8.42 Å². The zero-order valence-corrected chi connectivity index (χ0v) is 19.5. The molecule has 4 rings (SSSR count). The summed E-state index contributed by atoms with van der Waals surface area (Å²) in [4.78, 5) is -0.225. The lowest BCUT2D eigenvalue weighted by Crippen LogP contribution is -2.04. The topological polar surface area (TPSA) is 75.8 Å². The molecule has 1 heterocycles. The van der Waals surface area contributed by atoms with Crippen molar-refractivity contribution in [2.24, 2.45) is 0 Å². The first-order chi connectivity index (χ1) is 15.8. The first kappa shape index (κ1) is 22.3. The Balaban J connectivity index is 1.88. The summed E-state index contributed by atoms with van der Waals surface area (Å²) < 4.78 is 28.3. The average Bonchev–Trinajstić information content (AvgIpc) is 3.24. The van der Waals surface area contributed by atoms with Crippen molar-refractivity contribution in [3.63, 3.8) is 0 Å². The minimum atomic E-state index is -3.99. The molecule has 0 aliphatic rings. The summed E-state index contributed by atoms with van der Waals surface area (Å²) in [6, 6.07) is 24.2.